The minimum absolute atomic E-state index is 0.00206. The molecule has 0 unspecified atom stereocenters. The topological polar surface area (TPSA) is 51.2 Å². The molecule has 0 aliphatic heterocycles. The summed E-state index contributed by atoms with van der Waals surface area (Å²) >= 11 is 4.51. The normalized spacial score (nSPS) is 11.9. The second-order valence-electron chi connectivity index (χ2n) is 3.96. The lowest BCUT2D eigenvalue weighted by molar-refractivity contribution is 0.599. The van der Waals surface area contributed by atoms with Crippen molar-refractivity contribution in [3.8, 4) is 0 Å². The number of rotatable bonds is 2. The average Bonchev–Trinajstić information content (AvgIpc) is 2.30. The van der Waals surface area contributed by atoms with Crippen LogP contribution in [0.4, 0.5) is 0 Å². The van der Waals surface area contributed by atoms with Crippen molar-refractivity contribution in [2.45, 2.75) is 18.1 Å². The van der Waals surface area contributed by atoms with Crippen LogP contribution in [-0.2, 0) is 9.84 Å². The van der Waals surface area contributed by atoms with Crippen LogP contribution < -0.4 is 5.43 Å². The number of hydrogen-bond acceptors (Lipinski definition) is 4. The van der Waals surface area contributed by atoms with Gasteiger partial charge in [-0.2, -0.15) is 0 Å². The highest BCUT2D eigenvalue weighted by atomic mass is 79.9. The smallest absolute Gasteiger partial charge is 0.189 e. The van der Waals surface area contributed by atoms with E-state index in [1.165, 1.54) is 6.07 Å². The summed E-state index contributed by atoms with van der Waals surface area (Å²) < 4.78 is 25.2. The molecular weight excluding hydrogens is 336 g/mol. The van der Waals surface area contributed by atoms with E-state index in [1.54, 1.807) is 13.0 Å². The molecule has 0 saturated carbocycles. The highest BCUT2D eigenvalue weighted by Gasteiger charge is 2.16. The first-order valence-electron chi connectivity index (χ1n) is 5.32. The van der Waals surface area contributed by atoms with E-state index >= 15 is 0 Å². The van der Waals surface area contributed by atoms with Gasteiger partial charge in [-0.15, -0.1) is 11.3 Å². The molecule has 0 atom stereocenters. The minimum Gasteiger partial charge on any atom is -0.289 e. The van der Waals surface area contributed by atoms with Crippen LogP contribution in [-0.4, -0.2) is 14.2 Å². The molecule has 0 N–H and O–H groups in total. The maximum Gasteiger partial charge on any atom is 0.189 e. The molecule has 0 bridgehead atoms. The molecule has 2 rings (SSSR count). The summed E-state index contributed by atoms with van der Waals surface area (Å²) in [5.74, 6) is -0.00206. The van der Waals surface area contributed by atoms with Gasteiger partial charge in [0.25, 0.3) is 0 Å². The highest BCUT2D eigenvalue weighted by molar-refractivity contribution is 9.10. The van der Waals surface area contributed by atoms with E-state index in [4.69, 9.17) is 0 Å². The van der Waals surface area contributed by atoms with Gasteiger partial charge in [0.15, 0.2) is 15.3 Å². The van der Waals surface area contributed by atoms with E-state index in [1.807, 2.05) is 13.0 Å². The SMILES string of the molecule is CCS(=O)(=O)c1cc(=O)c2cc(C)cc(Br)c2s1. The standard InChI is InChI=1S/C12H11BrO3S2/c1-3-18(15,16)11-6-10(14)8-4-7(2)5-9(13)12(8)17-11/h4-6H,3H2,1-2H3. The molecule has 1 heterocycles. The lowest BCUT2D eigenvalue weighted by atomic mass is 10.2. The summed E-state index contributed by atoms with van der Waals surface area (Å²) in [4.78, 5) is 12.0. The summed E-state index contributed by atoms with van der Waals surface area (Å²) in [6, 6.07) is 4.87. The molecular formula is C12H11BrO3S2. The Kier molecular flexibility index (Phi) is 3.62. The number of halogens is 1. The van der Waals surface area contributed by atoms with Gasteiger partial charge < -0.3 is 0 Å². The van der Waals surface area contributed by atoms with Gasteiger partial charge in [0.2, 0.25) is 0 Å². The van der Waals surface area contributed by atoms with E-state index in [9.17, 15) is 13.2 Å². The quantitative estimate of drug-likeness (QED) is 0.839. The molecule has 2 aromatic rings. The van der Waals surface area contributed by atoms with E-state index in [0.717, 1.165) is 21.4 Å². The van der Waals surface area contributed by atoms with Crippen LogP contribution in [0.1, 0.15) is 12.5 Å². The van der Waals surface area contributed by atoms with E-state index in [0.29, 0.717) is 10.1 Å². The van der Waals surface area contributed by atoms with Crippen molar-refractivity contribution in [2.75, 3.05) is 5.75 Å². The van der Waals surface area contributed by atoms with E-state index in [2.05, 4.69) is 15.9 Å². The molecule has 1 aromatic carbocycles. The number of sulfone groups is 1. The fraction of sp³-hybridized carbons (Fsp3) is 0.250. The maximum atomic E-state index is 12.0. The number of aryl methyl sites for hydroxylation is 1. The lowest BCUT2D eigenvalue weighted by Gasteiger charge is -2.05. The number of benzene rings is 1. The van der Waals surface area contributed by atoms with E-state index < -0.39 is 9.84 Å². The van der Waals surface area contributed by atoms with Crippen LogP contribution in [0.15, 0.2) is 31.7 Å². The molecule has 0 saturated heterocycles. The third-order valence-electron chi connectivity index (χ3n) is 2.59. The van der Waals surface area contributed by atoms with Gasteiger partial charge in [0.1, 0.15) is 4.21 Å². The Bertz CT molecular complexity index is 776. The van der Waals surface area contributed by atoms with Crippen molar-refractivity contribution in [3.05, 3.63) is 38.5 Å². The molecule has 1 aromatic heterocycles. The maximum absolute atomic E-state index is 12.0. The minimum atomic E-state index is -3.34. The van der Waals surface area contributed by atoms with Crippen LogP contribution in [0.5, 0.6) is 0 Å². The molecule has 0 fully saturated rings. The van der Waals surface area contributed by atoms with Gasteiger partial charge in [-0.1, -0.05) is 6.92 Å². The second kappa shape index (κ2) is 4.75. The summed E-state index contributed by atoms with van der Waals surface area (Å²) in [7, 11) is -3.34. The molecule has 0 radical (unpaired) electrons. The summed E-state index contributed by atoms with van der Waals surface area (Å²) in [5, 5.41) is 0.557. The van der Waals surface area contributed by atoms with Crippen LogP contribution in [0.3, 0.4) is 0 Å². The largest absolute Gasteiger partial charge is 0.289 e. The van der Waals surface area contributed by atoms with Crippen molar-refractivity contribution >= 4 is 47.2 Å². The van der Waals surface area contributed by atoms with Crippen molar-refractivity contribution in [2.24, 2.45) is 0 Å². The Morgan fingerprint density at radius 3 is 2.56 bits per heavy atom. The first-order chi connectivity index (χ1) is 8.35. The van der Waals surface area contributed by atoms with Crippen LogP contribution in [0, 0.1) is 6.92 Å². The van der Waals surface area contributed by atoms with Gasteiger partial charge in [0.05, 0.1) is 10.5 Å². The Hall–Kier alpha value is -0.720. The third-order valence-corrected chi connectivity index (χ3v) is 6.95. The van der Waals surface area contributed by atoms with Gasteiger partial charge in [-0.3, -0.25) is 4.79 Å². The molecule has 96 valence electrons. The first kappa shape index (κ1) is 13.7. The van der Waals surface area contributed by atoms with Crippen molar-refractivity contribution in [1.29, 1.82) is 0 Å². The Morgan fingerprint density at radius 1 is 1.28 bits per heavy atom. The Balaban J connectivity index is 2.91. The summed E-state index contributed by atoms with van der Waals surface area (Å²) in [6.45, 7) is 3.46. The molecule has 0 aliphatic carbocycles. The van der Waals surface area contributed by atoms with Crippen LogP contribution in [0.2, 0.25) is 0 Å². The second-order valence-corrected chi connectivity index (χ2v) is 8.37. The third kappa shape index (κ3) is 2.37. The highest BCUT2D eigenvalue weighted by Crippen LogP contribution is 2.30. The predicted octanol–water partition coefficient (Wildman–Crippen LogP) is 3.13. The van der Waals surface area contributed by atoms with Gasteiger partial charge in [-0.05, 0) is 40.5 Å². The van der Waals surface area contributed by atoms with Gasteiger partial charge in [0, 0.05) is 15.9 Å². The van der Waals surface area contributed by atoms with Crippen molar-refractivity contribution < 1.29 is 8.42 Å². The van der Waals surface area contributed by atoms with Gasteiger partial charge in [-0.25, -0.2) is 8.42 Å². The molecule has 0 amide bonds. The van der Waals surface area contributed by atoms with Crippen LogP contribution in [0.25, 0.3) is 10.1 Å². The first-order valence-corrected chi connectivity index (χ1v) is 8.58. The fourth-order valence-corrected chi connectivity index (χ4v) is 4.92. The van der Waals surface area contributed by atoms with Crippen LogP contribution >= 0.6 is 27.3 Å². The zero-order valence-electron chi connectivity index (χ0n) is 9.86. The predicted molar refractivity (Wildman–Crippen MR) is 78.3 cm³/mol. The molecule has 0 aliphatic rings. The summed E-state index contributed by atoms with van der Waals surface area (Å²) in [6.07, 6.45) is 0. The Morgan fingerprint density at radius 2 is 1.94 bits per heavy atom. The lowest BCUT2D eigenvalue weighted by Crippen LogP contribution is -2.08. The number of fused-ring (bicyclic) bond motifs is 1. The number of hydrogen-bond donors (Lipinski definition) is 0. The molecule has 6 heteroatoms. The van der Waals surface area contributed by atoms with E-state index in [-0.39, 0.29) is 15.4 Å². The molecule has 0 spiro atoms. The summed E-state index contributed by atoms with van der Waals surface area (Å²) in [5.41, 5.74) is 0.713. The molecule has 18 heavy (non-hydrogen) atoms. The monoisotopic (exact) mass is 346 g/mol. The molecule has 3 nitrogen and oxygen atoms in total. The van der Waals surface area contributed by atoms with Crippen molar-refractivity contribution in [3.63, 3.8) is 0 Å². The zero-order chi connectivity index (χ0) is 13.5. The average molecular weight is 347 g/mol. The van der Waals surface area contributed by atoms with Crippen molar-refractivity contribution in [1.82, 2.24) is 0 Å². The Labute approximate surface area is 118 Å². The fourth-order valence-electron chi connectivity index (χ4n) is 1.63. The zero-order valence-corrected chi connectivity index (χ0v) is 13.1. The van der Waals surface area contributed by atoms with Gasteiger partial charge >= 0.3 is 0 Å².